The molecule has 0 aliphatic heterocycles. The monoisotopic (exact) mass is 437 g/mol. The number of furan rings is 1. The molecule has 4 rings (SSSR count). The van der Waals surface area contributed by atoms with Crippen molar-refractivity contribution in [3.8, 4) is 5.75 Å². The number of anilines is 3. The molecule has 8 heteroatoms. The van der Waals surface area contributed by atoms with Crippen molar-refractivity contribution in [3.05, 3.63) is 67.4 Å². The molecule has 1 heterocycles. The summed E-state index contributed by atoms with van der Waals surface area (Å²) in [4.78, 5) is 38.2. The molecule has 1 aliphatic carbocycles. The largest absolute Gasteiger partial charge is 0.505 e. The molecule has 1 saturated carbocycles. The Morgan fingerprint density at radius 2 is 1.91 bits per heavy atom. The number of carbonyl (C=O) groups is 1. The van der Waals surface area contributed by atoms with Crippen LogP contribution in [0.5, 0.6) is 5.75 Å². The van der Waals surface area contributed by atoms with E-state index in [4.69, 9.17) is 4.42 Å². The van der Waals surface area contributed by atoms with E-state index in [1.807, 2.05) is 19.9 Å². The maximum atomic E-state index is 12.3. The number of phenolic OH excluding ortho intramolecular Hbond substituents is 1. The smallest absolute Gasteiger partial charge is 0.257 e. The minimum Gasteiger partial charge on any atom is -0.505 e. The third-order valence-corrected chi connectivity index (χ3v) is 5.91. The lowest BCUT2D eigenvalue weighted by atomic mass is 10.1. The zero-order chi connectivity index (χ0) is 23.2. The van der Waals surface area contributed by atoms with Gasteiger partial charge in [-0.3, -0.25) is 14.4 Å². The van der Waals surface area contributed by atoms with Gasteiger partial charge in [0.05, 0.1) is 17.3 Å². The quantitative estimate of drug-likeness (QED) is 0.363. The van der Waals surface area contributed by atoms with Crippen molar-refractivity contribution in [1.29, 1.82) is 0 Å². The number of hydrogen-bond donors (Lipinski definition) is 3. The van der Waals surface area contributed by atoms with Crippen molar-refractivity contribution in [2.45, 2.75) is 45.1 Å². The zero-order valence-electron chi connectivity index (χ0n) is 18.6. The van der Waals surface area contributed by atoms with Gasteiger partial charge in [-0.15, -0.1) is 0 Å². The van der Waals surface area contributed by atoms with Gasteiger partial charge >= 0.3 is 0 Å². The predicted molar refractivity (Wildman–Crippen MR) is 123 cm³/mol. The Morgan fingerprint density at radius 3 is 2.53 bits per heavy atom. The fourth-order valence-electron chi connectivity index (χ4n) is 3.88. The summed E-state index contributed by atoms with van der Waals surface area (Å²) in [5, 5.41) is 16.5. The highest BCUT2D eigenvalue weighted by Crippen LogP contribution is 2.44. The molecule has 3 N–H and O–H groups in total. The van der Waals surface area contributed by atoms with E-state index in [1.165, 1.54) is 22.6 Å². The van der Waals surface area contributed by atoms with Crippen LogP contribution in [-0.2, 0) is 0 Å². The molecule has 0 spiro atoms. The van der Waals surface area contributed by atoms with Gasteiger partial charge in [0, 0.05) is 14.1 Å². The minimum absolute atomic E-state index is 0.0592. The van der Waals surface area contributed by atoms with Crippen LogP contribution in [0.1, 0.15) is 65.6 Å². The van der Waals surface area contributed by atoms with E-state index in [2.05, 4.69) is 10.6 Å². The molecule has 1 atom stereocenters. The van der Waals surface area contributed by atoms with Gasteiger partial charge in [-0.1, -0.05) is 13.0 Å². The van der Waals surface area contributed by atoms with Crippen molar-refractivity contribution < 1.29 is 14.3 Å². The lowest BCUT2D eigenvalue weighted by Crippen LogP contribution is -2.37. The standard InChI is InChI=1S/C24H27N3O5/c1-5-16(18-11-15(12(2)32-18)13-9-10-13)25-19-20(23(30)22(19)29)26-17-8-6-7-14(21(17)28)24(31)27(3)4/h6-8,11,13,16,25-26,28H,5,9-10H2,1-4H3/t16-/m1/s1. The number of rotatable bonds is 8. The number of para-hydroxylation sites is 1. The summed E-state index contributed by atoms with van der Waals surface area (Å²) in [5.74, 6) is 1.51. The summed E-state index contributed by atoms with van der Waals surface area (Å²) in [5.41, 5.74) is 0.369. The average Bonchev–Trinajstić information content (AvgIpc) is 3.55. The first-order chi connectivity index (χ1) is 15.2. The molecular weight excluding hydrogens is 410 g/mol. The van der Waals surface area contributed by atoms with E-state index in [1.54, 1.807) is 20.2 Å². The van der Waals surface area contributed by atoms with Crippen LogP contribution in [0.25, 0.3) is 0 Å². The van der Waals surface area contributed by atoms with E-state index >= 15 is 0 Å². The third kappa shape index (κ3) is 3.77. The zero-order valence-corrected chi connectivity index (χ0v) is 18.6. The molecule has 1 aliphatic rings. The van der Waals surface area contributed by atoms with Crippen molar-refractivity contribution in [2.75, 3.05) is 24.7 Å². The van der Waals surface area contributed by atoms with Gasteiger partial charge in [0.1, 0.15) is 22.9 Å². The van der Waals surface area contributed by atoms with Crippen LogP contribution in [0.2, 0.25) is 0 Å². The van der Waals surface area contributed by atoms with Crippen LogP contribution in [0.3, 0.4) is 0 Å². The molecule has 2 aromatic carbocycles. The summed E-state index contributed by atoms with van der Waals surface area (Å²) in [7, 11) is 3.16. The highest BCUT2D eigenvalue weighted by molar-refractivity contribution is 5.99. The summed E-state index contributed by atoms with van der Waals surface area (Å²) in [6.45, 7) is 3.91. The number of nitrogens with zero attached hydrogens (tertiary/aromatic N) is 1. The number of aryl methyl sites for hydroxylation is 1. The van der Waals surface area contributed by atoms with E-state index < -0.39 is 10.9 Å². The Bertz CT molecular complexity index is 1250. The van der Waals surface area contributed by atoms with Crippen molar-refractivity contribution in [3.63, 3.8) is 0 Å². The number of carbonyl (C=O) groups excluding carboxylic acids is 1. The topological polar surface area (TPSA) is 112 Å². The van der Waals surface area contributed by atoms with E-state index in [0.29, 0.717) is 12.3 Å². The SMILES string of the molecule is CC[C@@H](Nc1c(Nc2cccc(C(=O)N(C)C)c2O)c(=O)c1=O)c1cc(C2CC2)c(C)o1. The molecule has 168 valence electrons. The molecule has 32 heavy (non-hydrogen) atoms. The van der Waals surface area contributed by atoms with Crippen LogP contribution >= 0.6 is 0 Å². The second-order valence-corrected chi connectivity index (χ2v) is 8.47. The van der Waals surface area contributed by atoms with Gasteiger partial charge in [0.2, 0.25) is 0 Å². The Balaban J connectivity index is 1.60. The number of aromatic hydroxyl groups is 1. The first-order valence-electron chi connectivity index (χ1n) is 10.7. The van der Waals surface area contributed by atoms with Crippen LogP contribution in [0.4, 0.5) is 17.1 Å². The molecule has 8 nitrogen and oxygen atoms in total. The highest BCUT2D eigenvalue weighted by Gasteiger charge is 2.30. The molecule has 1 fully saturated rings. The van der Waals surface area contributed by atoms with E-state index in [0.717, 1.165) is 24.4 Å². The predicted octanol–water partition coefficient (Wildman–Crippen LogP) is 3.78. The molecule has 0 unspecified atom stereocenters. The van der Waals surface area contributed by atoms with E-state index in [9.17, 15) is 19.5 Å². The minimum atomic E-state index is -0.680. The van der Waals surface area contributed by atoms with Gasteiger partial charge in [0.15, 0.2) is 5.75 Å². The molecule has 1 amide bonds. The fourth-order valence-corrected chi connectivity index (χ4v) is 3.88. The van der Waals surface area contributed by atoms with Gasteiger partial charge in [0.25, 0.3) is 16.8 Å². The summed E-state index contributed by atoms with van der Waals surface area (Å²) in [6, 6.07) is 6.39. The van der Waals surface area contributed by atoms with Crippen LogP contribution in [-0.4, -0.2) is 30.0 Å². The van der Waals surface area contributed by atoms with Crippen molar-refractivity contribution >= 4 is 23.0 Å². The third-order valence-electron chi connectivity index (χ3n) is 5.91. The average molecular weight is 437 g/mol. The number of benzene rings is 1. The van der Waals surface area contributed by atoms with Crippen LogP contribution < -0.4 is 21.5 Å². The fraction of sp³-hybridized carbons (Fsp3) is 0.375. The normalized spacial score (nSPS) is 14.4. The molecule has 3 aromatic rings. The summed E-state index contributed by atoms with van der Waals surface area (Å²) < 4.78 is 5.95. The maximum Gasteiger partial charge on any atom is 0.257 e. The second kappa shape index (κ2) is 8.18. The summed E-state index contributed by atoms with van der Waals surface area (Å²) in [6.07, 6.45) is 2.97. The number of hydrogen-bond acceptors (Lipinski definition) is 7. The first-order valence-corrected chi connectivity index (χ1v) is 10.7. The van der Waals surface area contributed by atoms with Gasteiger partial charge < -0.3 is 25.1 Å². The van der Waals surface area contributed by atoms with Crippen molar-refractivity contribution in [2.24, 2.45) is 0 Å². The Labute approximate surface area is 185 Å². The Hall–Kier alpha value is -3.55. The number of amides is 1. The lowest BCUT2D eigenvalue weighted by Gasteiger charge is -2.21. The molecule has 0 bridgehead atoms. The summed E-state index contributed by atoms with van der Waals surface area (Å²) >= 11 is 0. The van der Waals surface area contributed by atoms with Gasteiger partial charge in [-0.25, -0.2) is 0 Å². The molecule has 0 saturated heterocycles. The van der Waals surface area contributed by atoms with Crippen LogP contribution in [0, 0.1) is 6.92 Å². The number of nitrogens with one attached hydrogen (secondary N) is 2. The van der Waals surface area contributed by atoms with E-state index in [-0.39, 0.29) is 40.3 Å². The first kappa shape index (κ1) is 21.7. The Kier molecular flexibility index (Phi) is 5.54. The van der Waals surface area contributed by atoms with Gasteiger partial charge in [-0.2, -0.15) is 0 Å². The highest BCUT2D eigenvalue weighted by atomic mass is 16.3. The van der Waals surface area contributed by atoms with Crippen molar-refractivity contribution in [1.82, 2.24) is 4.90 Å². The molecular formula is C24H27N3O5. The van der Waals surface area contributed by atoms with Crippen LogP contribution in [0.15, 0.2) is 38.3 Å². The number of phenols is 1. The maximum absolute atomic E-state index is 12.3. The lowest BCUT2D eigenvalue weighted by molar-refractivity contribution is 0.0824. The second-order valence-electron chi connectivity index (χ2n) is 8.47. The molecule has 0 radical (unpaired) electrons. The molecule has 1 aromatic heterocycles. The van der Waals surface area contributed by atoms with Gasteiger partial charge in [-0.05, 0) is 55.9 Å². The Morgan fingerprint density at radius 1 is 1.22 bits per heavy atom.